The van der Waals surface area contributed by atoms with Crippen molar-refractivity contribution in [1.82, 2.24) is 0 Å². The zero-order valence-electron chi connectivity index (χ0n) is 13.2. The molecule has 0 saturated carbocycles. The molecule has 2 aromatic rings. The smallest absolute Gasteiger partial charge is 0.416 e. The highest BCUT2D eigenvalue weighted by atomic mass is 32.2. The third kappa shape index (κ3) is 4.71. The zero-order valence-corrected chi connectivity index (χ0v) is 14.0. The summed E-state index contributed by atoms with van der Waals surface area (Å²) in [6.07, 6.45) is -10.4. The van der Waals surface area contributed by atoms with Crippen molar-refractivity contribution >= 4 is 21.7 Å². The van der Waals surface area contributed by atoms with Crippen molar-refractivity contribution in [3.8, 4) is 0 Å². The summed E-state index contributed by atoms with van der Waals surface area (Å²) in [5.41, 5.74) is -5.64. The molecule has 0 heterocycles. The Balaban J connectivity index is 2.55. The van der Waals surface area contributed by atoms with Crippen molar-refractivity contribution in [2.45, 2.75) is 17.2 Å². The van der Waals surface area contributed by atoms with Crippen molar-refractivity contribution in [3.63, 3.8) is 0 Å². The van der Waals surface area contributed by atoms with Crippen LogP contribution in [0.25, 0.3) is 0 Å². The van der Waals surface area contributed by atoms with E-state index in [-0.39, 0.29) is 18.2 Å². The van der Waals surface area contributed by atoms with Gasteiger partial charge in [0.2, 0.25) is 0 Å². The molecule has 0 unspecified atom stereocenters. The molecule has 13 heteroatoms. The van der Waals surface area contributed by atoms with Crippen LogP contribution in [0.3, 0.4) is 0 Å². The maximum Gasteiger partial charge on any atom is 0.416 e. The van der Waals surface area contributed by atoms with Crippen molar-refractivity contribution in [2.24, 2.45) is 0 Å². The Morgan fingerprint density at radius 1 is 0.893 bits per heavy atom. The third-order valence-electron chi connectivity index (χ3n) is 3.32. The maximum absolute atomic E-state index is 13.4. The first-order valence-electron chi connectivity index (χ1n) is 6.96. The van der Waals surface area contributed by atoms with Crippen LogP contribution in [-0.2, 0) is 22.4 Å². The van der Waals surface area contributed by atoms with Crippen LogP contribution < -0.4 is 4.72 Å². The molecule has 0 radical (unpaired) electrons. The second-order valence-electron chi connectivity index (χ2n) is 5.35. The Morgan fingerprint density at radius 2 is 1.39 bits per heavy atom. The van der Waals surface area contributed by atoms with E-state index in [1.807, 2.05) is 0 Å². The summed E-state index contributed by atoms with van der Waals surface area (Å²) in [5.74, 6) is -3.11. The lowest BCUT2D eigenvalue weighted by Gasteiger charge is -2.15. The molecule has 0 aromatic heterocycles. The number of carbonyl (C=O) groups is 1. The fraction of sp³-hybridized carbons (Fsp3) is 0.133. The Bertz CT molecular complexity index is 997. The van der Waals surface area contributed by atoms with Crippen molar-refractivity contribution in [1.29, 1.82) is 0 Å². The molecule has 5 nitrogen and oxygen atoms in total. The van der Waals surface area contributed by atoms with Crippen LogP contribution in [0.5, 0.6) is 0 Å². The van der Waals surface area contributed by atoms with E-state index < -0.39 is 61.4 Å². The first-order valence-corrected chi connectivity index (χ1v) is 8.45. The number of hydrogen-bond donors (Lipinski definition) is 2. The quantitative estimate of drug-likeness (QED) is 0.705. The zero-order chi connectivity index (χ0) is 21.5. The highest BCUT2D eigenvalue weighted by molar-refractivity contribution is 7.92. The Morgan fingerprint density at radius 3 is 1.82 bits per heavy atom. The predicted molar refractivity (Wildman–Crippen MR) is 80.6 cm³/mol. The number of carboxylic acid groups (broad SMARTS) is 1. The van der Waals surface area contributed by atoms with Crippen LogP contribution >= 0.6 is 0 Å². The third-order valence-corrected chi connectivity index (χ3v) is 4.70. The first-order chi connectivity index (χ1) is 12.6. The van der Waals surface area contributed by atoms with Crippen molar-refractivity contribution in [2.75, 3.05) is 4.72 Å². The van der Waals surface area contributed by atoms with Gasteiger partial charge in [-0.05, 0) is 36.4 Å². The van der Waals surface area contributed by atoms with Gasteiger partial charge >= 0.3 is 18.3 Å². The highest BCUT2D eigenvalue weighted by Gasteiger charge is 2.37. The summed E-state index contributed by atoms with van der Waals surface area (Å²) in [6, 6.07) is 1.52. The lowest BCUT2D eigenvalue weighted by Crippen LogP contribution is -2.17. The van der Waals surface area contributed by atoms with Crippen LogP contribution in [0.2, 0.25) is 0 Å². The van der Waals surface area contributed by atoms with Gasteiger partial charge in [0.1, 0.15) is 5.82 Å². The Kier molecular flexibility index (Phi) is 5.34. The van der Waals surface area contributed by atoms with E-state index in [9.17, 15) is 43.9 Å². The van der Waals surface area contributed by atoms with Gasteiger partial charge in [-0.1, -0.05) is 0 Å². The summed E-state index contributed by atoms with van der Waals surface area (Å²) in [5, 5.41) is 8.79. The molecule has 2 N–H and O–H groups in total. The van der Waals surface area contributed by atoms with Gasteiger partial charge in [-0.3, -0.25) is 4.72 Å². The summed E-state index contributed by atoms with van der Waals surface area (Å²) in [7, 11) is -4.83. The first kappa shape index (κ1) is 21.5. The number of carboxylic acids is 1. The number of halogens is 7. The number of hydrogen-bond acceptors (Lipinski definition) is 3. The van der Waals surface area contributed by atoms with E-state index in [4.69, 9.17) is 5.11 Å². The maximum atomic E-state index is 13.4. The lowest BCUT2D eigenvalue weighted by molar-refractivity contribution is -0.143. The molecule has 28 heavy (non-hydrogen) atoms. The molecule has 2 rings (SSSR count). The molecule has 0 atom stereocenters. The number of alkyl halides is 6. The summed E-state index contributed by atoms with van der Waals surface area (Å²) < 4.78 is 116. The van der Waals surface area contributed by atoms with E-state index in [2.05, 4.69) is 0 Å². The average molecular weight is 431 g/mol. The second-order valence-corrected chi connectivity index (χ2v) is 7.03. The summed E-state index contributed by atoms with van der Waals surface area (Å²) >= 11 is 0. The number of aromatic carboxylic acids is 1. The topological polar surface area (TPSA) is 83.5 Å². The molecular formula is C15H8F7NO4S. The van der Waals surface area contributed by atoms with Crippen LogP contribution in [0, 0.1) is 5.82 Å². The standard InChI is InChI=1S/C15H8F7NO4S/c16-12-2-1-10(6-11(12)13(24)25)28(26,27)23-9-4-7(14(17,18)19)3-8(5-9)15(20,21)22/h1-6,23H,(H,24,25). The van der Waals surface area contributed by atoms with Crippen LogP contribution in [0.4, 0.5) is 36.4 Å². The molecule has 0 bridgehead atoms. The van der Waals surface area contributed by atoms with Gasteiger partial charge in [0.15, 0.2) is 0 Å². The predicted octanol–water partition coefficient (Wildman–Crippen LogP) is 4.36. The van der Waals surface area contributed by atoms with Crippen LogP contribution in [-0.4, -0.2) is 19.5 Å². The lowest BCUT2D eigenvalue weighted by atomic mass is 10.1. The molecule has 0 aliphatic rings. The van der Waals surface area contributed by atoms with Gasteiger partial charge in [0.25, 0.3) is 10.0 Å². The van der Waals surface area contributed by atoms with Gasteiger partial charge in [-0.25, -0.2) is 17.6 Å². The number of rotatable bonds is 4. The average Bonchev–Trinajstić information content (AvgIpc) is 2.52. The number of sulfonamides is 1. The second kappa shape index (κ2) is 6.96. The minimum absolute atomic E-state index is 0.133. The monoisotopic (exact) mass is 431 g/mol. The largest absolute Gasteiger partial charge is 0.478 e. The van der Waals surface area contributed by atoms with Crippen molar-refractivity contribution < 1.29 is 49.1 Å². The normalized spacial score (nSPS) is 12.7. The van der Waals surface area contributed by atoms with E-state index in [1.54, 1.807) is 0 Å². The summed E-state index contributed by atoms with van der Waals surface area (Å²) in [4.78, 5) is 9.99. The molecule has 152 valence electrons. The van der Waals surface area contributed by atoms with E-state index in [1.165, 1.54) is 4.72 Å². The Labute approximate surface area is 152 Å². The minimum atomic E-state index is -5.20. The number of anilines is 1. The van der Waals surface area contributed by atoms with Crippen LogP contribution in [0.15, 0.2) is 41.3 Å². The number of benzene rings is 2. The van der Waals surface area contributed by atoms with E-state index in [0.29, 0.717) is 18.2 Å². The highest BCUT2D eigenvalue weighted by Crippen LogP contribution is 2.38. The van der Waals surface area contributed by atoms with E-state index in [0.717, 1.165) is 0 Å². The van der Waals surface area contributed by atoms with Gasteiger partial charge in [-0.15, -0.1) is 0 Å². The van der Waals surface area contributed by atoms with E-state index >= 15 is 0 Å². The fourth-order valence-electron chi connectivity index (χ4n) is 2.06. The number of nitrogens with one attached hydrogen (secondary N) is 1. The molecule has 0 saturated heterocycles. The molecule has 0 amide bonds. The van der Waals surface area contributed by atoms with Gasteiger partial charge < -0.3 is 5.11 Å². The fourth-order valence-corrected chi connectivity index (χ4v) is 3.13. The molecule has 0 aliphatic heterocycles. The minimum Gasteiger partial charge on any atom is -0.478 e. The van der Waals surface area contributed by atoms with Gasteiger partial charge in [0, 0.05) is 0 Å². The molecule has 0 aliphatic carbocycles. The molecule has 2 aromatic carbocycles. The summed E-state index contributed by atoms with van der Waals surface area (Å²) in [6.45, 7) is 0. The SMILES string of the molecule is O=C(O)c1cc(S(=O)(=O)Nc2cc(C(F)(F)F)cc(C(F)(F)F)c2)ccc1F. The molecular weight excluding hydrogens is 423 g/mol. The molecule has 0 spiro atoms. The van der Waals surface area contributed by atoms with Gasteiger partial charge in [0.05, 0.1) is 27.3 Å². The molecule has 0 fully saturated rings. The van der Waals surface area contributed by atoms with Crippen molar-refractivity contribution in [3.05, 3.63) is 58.9 Å². The van der Waals surface area contributed by atoms with Crippen LogP contribution in [0.1, 0.15) is 21.5 Å². The van der Waals surface area contributed by atoms with Gasteiger partial charge in [-0.2, -0.15) is 26.3 Å². The Hall–Kier alpha value is -2.83.